The van der Waals surface area contributed by atoms with Crippen LogP contribution in [-0.2, 0) is 15.3 Å². The Kier molecular flexibility index (Phi) is 6.29. The van der Waals surface area contributed by atoms with Crippen molar-refractivity contribution in [1.29, 1.82) is 0 Å². The van der Waals surface area contributed by atoms with Gasteiger partial charge in [0.15, 0.2) is 0 Å². The first-order chi connectivity index (χ1) is 12.5. The van der Waals surface area contributed by atoms with Crippen LogP contribution < -0.4 is 5.32 Å². The maximum absolute atomic E-state index is 12.5. The normalized spacial score (nSPS) is 17.0. The number of hydrogen-bond donors (Lipinski definition) is 1. The molecule has 2 aromatic rings. The number of nitrogens with one attached hydrogen (secondary N) is 1. The number of hydrogen-bond acceptors (Lipinski definition) is 5. The number of amides is 1. The Hall–Kier alpha value is -1.89. The molecule has 3 rings (SSSR count). The van der Waals surface area contributed by atoms with Crippen molar-refractivity contribution in [2.75, 3.05) is 31.6 Å². The van der Waals surface area contributed by atoms with Crippen LogP contribution in [0.3, 0.4) is 0 Å². The standard InChI is InChI=1S/C20H25N3O2S/c1-20(2)15-25-11-10-23(20)13-18(24)22-17-7-5-6-16(12-17)14-26-19-8-3-4-9-21-19/h3-9,12H,10-11,13-15H2,1-2H3,(H,22,24). The van der Waals surface area contributed by atoms with E-state index in [2.05, 4.69) is 35.1 Å². The average Bonchev–Trinajstić information content (AvgIpc) is 2.63. The van der Waals surface area contributed by atoms with Crippen LogP contribution in [0, 0.1) is 0 Å². The SMILES string of the molecule is CC1(C)COCCN1CC(=O)Nc1cccc(CSc2ccccn2)c1. The maximum atomic E-state index is 12.5. The topological polar surface area (TPSA) is 54.5 Å². The molecule has 0 atom stereocenters. The summed E-state index contributed by atoms with van der Waals surface area (Å²) >= 11 is 1.68. The Balaban J connectivity index is 1.55. The second kappa shape index (κ2) is 8.66. The number of carbonyl (C=O) groups is 1. The van der Waals surface area contributed by atoms with Gasteiger partial charge in [0.05, 0.1) is 24.8 Å². The zero-order chi connectivity index (χ0) is 18.4. The summed E-state index contributed by atoms with van der Waals surface area (Å²) in [5, 5.41) is 4.02. The molecule has 1 aromatic heterocycles. The van der Waals surface area contributed by atoms with Crippen molar-refractivity contribution in [2.45, 2.75) is 30.2 Å². The Labute approximate surface area is 159 Å². The Morgan fingerprint density at radius 2 is 2.19 bits per heavy atom. The van der Waals surface area contributed by atoms with Gasteiger partial charge in [0, 0.05) is 29.7 Å². The third-order valence-electron chi connectivity index (χ3n) is 4.39. The number of ether oxygens (including phenoxy) is 1. The number of pyridine rings is 1. The summed E-state index contributed by atoms with van der Waals surface area (Å²) in [6, 6.07) is 13.9. The summed E-state index contributed by atoms with van der Waals surface area (Å²) in [5.41, 5.74) is 1.88. The Bertz CT molecular complexity index is 737. The molecule has 138 valence electrons. The van der Waals surface area contributed by atoms with E-state index in [1.54, 1.807) is 18.0 Å². The highest BCUT2D eigenvalue weighted by molar-refractivity contribution is 7.98. The molecular weight excluding hydrogens is 346 g/mol. The van der Waals surface area contributed by atoms with E-state index in [1.165, 1.54) is 0 Å². The largest absolute Gasteiger partial charge is 0.378 e. The van der Waals surface area contributed by atoms with Crippen molar-refractivity contribution in [3.8, 4) is 0 Å². The Morgan fingerprint density at radius 3 is 2.96 bits per heavy atom. The molecule has 0 spiro atoms. The van der Waals surface area contributed by atoms with Crippen LogP contribution in [0.4, 0.5) is 5.69 Å². The molecule has 5 nitrogen and oxygen atoms in total. The van der Waals surface area contributed by atoms with Gasteiger partial charge >= 0.3 is 0 Å². The molecule has 0 saturated carbocycles. The molecule has 26 heavy (non-hydrogen) atoms. The molecule has 1 aliphatic heterocycles. The predicted molar refractivity (Wildman–Crippen MR) is 105 cm³/mol. The molecule has 0 aliphatic carbocycles. The number of rotatable bonds is 6. The van der Waals surface area contributed by atoms with Gasteiger partial charge in [0.1, 0.15) is 0 Å². The second-order valence-electron chi connectivity index (χ2n) is 6.99. The van der Waals surface area contributed by atoms with Crippen molar-refractivity contribution >= 4 is 23.4 Å². The van der Waals surface area contributed by atoms with E-state index >= 15 is 0 Å². The summed E-state index contributed by atoms with van der Waals surface area (Å²) in [6.07, 6.45) is 1.80. The minimum absolute atomic E-state index is 0.00880. The predicted octanol–water partition coefficient (Wildman–Crippen LogP) is 3.42. The first kappa shape index (κ1) is 18.9. The molecule has 1 aromatic carbocycles. The molecule has 1 saturated heterocycles. The fraction of sp³-hybridized carbons (Fsp3) is 0.400. The van der Waals surface area contributed by atoms with Crippen molar-refractivity contribution in [3.05, 3.63) is 54.2 Å². The average molecular weight is 372 g/mol. The van der Waals surface area contributed by atoms with Crippen LogP contribution in [0.25, 0.3) is 0 Å². The highest BCUT2D eigenvalue weighted by Gasteiger charge is 2.31. The number of morpholine rings is 1. The molecule has 6 heteroatoms. The molecule has 1 amide bonds. The summed E-state index contributed by atoms with van der Waals surface area (Å²) in [6.45, 7) is 6.70. The fourth-order valence-electron chi connectivity index (χ4n) is 2.89. The lowest BCUT2D eigenvalue weighted by atomic mass is 10.0. The zero-order valence-corrected chi connectivity index (χ0v) is 16.1. The van der Waals surface area contributed by atoms with Crippen LogP contribution in [0.15, 0.2) is 53.7 Å². The monoisotopic (exact) mass is 371 g/mol. The van der Waals surface area contributed by atoms with Crippen LogP contribution in [0.5, 0.6) is 0 Å². The van der Waals surface area contributed by atoms with E-state index < -0.39 is 0 Å². The minimum Gasteiger partial charge on any atom is -0.378 e. The number of nitrogens with zero attached hydrogens (tertiary/aromatic N) is 2. The number of aromatic nitrogens is 1. The van der Waals surface area contributed by atoms with Gasteiger partial charge in [0.2, 0.25) is 5.91 Å². The first-order valence-corrected chi connectivity index (χ1v) is 9.77. The molecule has 0 radical (unpaired) electrons. The molecule has 0 unspecified atom stereocenters. The lowest BCUT2D eigenvalue weighted by Gasteiger charge is -2.41. The quantitative estimate of drug-likeness (QED) is 0.789. The Morgan fingerprint density at radius 1 is 1.31 bits per heavy atom. The van der Waals surface area contributed by atoms with E-state index in [0.717, 1.165) is 28.6 Å². The van der Waals surface area contributed by atoms with Gasteiger partial charge in [0.25, 0.3) is 0 Å². The van der Waals surface area contributed by atoms with Gasteiger partial charge in [-0.3, -0.25) is 9.69 Å². The molecule has 1 N–H and O–H groups in total. The van der Waals surface area contributed by atoms with Crippen LogP contribution in [0.2, 0.25) is 0 Å². The van der Waals surface area contributed by atoms with Gasteiger partial charge in [-0.05, 0) is 43.7 Å². The van der Waals surface area contributed by atoms with Crippen molar-refractivity contribution in [2.24, 2.45) is 0 Å². The van der Waals surface area contributed by atoms with Gasteiger partial charge in [-0.2, -0.15) is 0 Å². The first-order valence-electron chi connectivity index (χ1n) is 8.78. The van der Waals surface area contributed by atoms with E-state index in [1.807, 2.05) is 36.4 Å². The second-order valence-corrected chi connectivity index (χ2v) is 7.99. The minimum atomic E-state index is -0.114. The lowest BCUT2D eigenvalue weighted by Crippen LogP contribution is -2.55. The van der Waals surface area contributed by atoms with Crippen LogP contribution >= 0.6 is 11.8 Å². The molecular formula is C20H25N3O2S. The van der Waals surface area contributed by atoms with E-state index in [4.69, 9.17) is 4.74 Å². The fourth-order valence-corrected chi connectivity index (χ4v) is 3.69. The van der Waals surface area contributed by atoms with E-state index in [-0.39, 0.29) is 11.4 Å². The van der Waals surface area contributed by atoms with Crippen molar-refractivity contribution < 1.29 is 9.53 Å². The third-order valence-corrected chi connectivity index (χ3v) is 5.40. The molecule has 0 bridgehead atoms. The van der Waals surface area contributed by atoms with Crippen LogP contribution in [0.1, 0.15) is 19.4 Å². The smallest absolute Gasteiger partial charge is 0.238 e. The van der Waals surface area contributed by atoms with Crippen molar-refractivity contribution in [1.82, 2.24) is 9.88 Å². The van der Waals surface area contributed by atoms with Crippen molar-refractivity contribution in [3.63, 3.8) is 0 Å². The van der Waals surface area contributed by atoms with E-state index in [9.17, 15) is 4.79 Å². The summed E-state index contributed by atoms with van der Waals surface area (Å²) in [7, 11) is 0. The maximum Gasteiger partial charge on any atom is 0.238 e. The lowest BCUT2D eigenvalue weighted by molar-refractivity contribution is -0.122. The third kappa shape index (κ3) is 5.30. The molecule has 2 heterocycles. The summed E-state index contributed by atoms with van der Waals surface area (Å²) < 4.78 is 5.51. The molecule has 1 fully saturated rings. The number of carbonyl (C=O) groups excluding carboxylic acids is 1. The zero-order valence-electron chi connectivity index (χ0n) is 15.3. The highest BCUT2D eigenvalue weighted by Crippen LogP contribution is 2.22. The van der Waals surface area contributed by atoms with Gasteiger partial charge < -0.3 is 10.1 Å². The van der Waals surface area contributed by atoms with Gasteiger partial charge in [-0.25, -0.2) is 4.98 Å². The van der Waals surface area contributed by atoms with Gasteiger partial charge in [-0.15, -0.1) is 11.8 Å². The number of benzene rings is 1. The summed E-state index contributed by atoms with van der Waals surface area (Å²) in [4.78, 5) is 18.9. The number of anilines is 1. The number of thioether (sulfide) groups is 1. The van der Waals surface area contributed by atoms with Crippen LogP contribution in [-0.4, -0.2) is 47.6 Å². The van der Waals surface area contributed by atoms with E-state index in [0.29, 0.717) is 19.8 Å². The molecule has 1 aliphatic rings. The summed E-state index contributed by atoms with van der Waals surface area (Å²) in [5.74, 6) is 0.825. The van der Waals surface area contributed by atoms with Gasteiger partial charge in [-0.1, -0.05) is 18.2 Å². The highest BCUT2D eigenvalue weighted by atomic mass is 32.2.